The minimum Gasteiger partial charge on any atom is -0.329 e. The maximum atomic E-state index is 11.5. The fourth-order valence-electron chi connectivity index (χ4n) is 0.830. The minimum atomic E-state index is -2.41. The van der Waals surface area contributed by atoms with Crippen molar-refractivity contribution < 1.29 is 9.09 Å². The molecule has 0 fully saturated rings. The van der Waals surface area contributed by atoms with Gasteiger partial charge in [-0.05, 0) is 20.3 Å². The normalized spacial score (nSPS) is 17.8. The summed E-state index contributed by atoms with van der Waals surface area (Å²) in [6, 6.07) is 2.10. The summed E-state index contributed by atoms with van der Waals surface area (Å²) in [6.45, 7) is 5.76. The van der Waals surface area contributed by atoms with Crippen LogP contribution in [0.5, 0.6) is 0 Å². The van der Waals surface area contributed by atoms with E-state index in [1.165, 1.54) is 0 Å². The zero-order valence-electron chi connectivity index (χ0n) is 7.91. The van der Waals surface area contributed by atoms with Crippen LogP contribution in [0, 0.1) is 17.2 Å². The van der Waals surface area contributed by atoms with E-state index in [9.17, 15) is 4.57 Å². The minimum absolute atomic E-state index is 0.0290. The highest BCUT2D eigenvalue weighted by molar-refractivity contribution is 7.58. The van der Waals surface area contributed by atoms with Gasteiger partial charge in [-0.3, -0.25) is 4.57 Å². The van der Waals surface area contributed by atoms with Crippen molar-refractivity contribution in [3.05, 3.63) is 0 Å². The number of hydrogen-bond acceptors (Lipinski definition) is 3. The average Bonchev–Trinajstić information content (AvgIpc) is 2.00. The van der Waals surface area contributed by atoms with Crippen molar-refractivity contribution in [2.75, 3.05) is 19.4 Å². The quantitative estimate of drug-likeness (QED) is 0.624. The van der Waals surface area contributed by atoms with E-state index in [0.717, 1.165) is 0 Å². The number of nitrogens with zero attached hydrogens (tertiary/aromatic N) is 1. The Morgan fingerprint density at radius 2 is 2.25 bits per heavy atom. The first-order valence-electron chi connectivity index (χ1n) is 4.12. The van der Waals surface area contributed by atoms with Crippen LogP contribution in [0.15, 0.2) is 0 Å². The predicted molar refractivity (Wildman–Crippen MR) is 49.4 cm³/mol. The van der Waals surface area contributed by atoms with Crippen LogP contribution in [-0.2, 0) is 9.09 Å². The van der Waals surface area contributed by atoms with Crippen LogP contribution in [0.1, 0.15) is 20.3 Å². The lowest BCUT2D eigenvalue weighted by atomic mass is 10.1. The summed E-state index contributed by atoms with van der Waals surface area (Å²) in [5, 5.41) is 8.48. The van der Waals surface area contributed by atoms with Gasteiger partial charge >= 0.3 is 0 Å². The zero-order valence-corrected chi connectivity index (χ0v) is 8.80. The van der Waals surface area contributed by atoms with Crippen molar-refractivity contribution in [3.63, 3.8) is 0 Å². The lowest BCUT2D eigenvalue weighted by molar-refractivity contribution is 0.335. The second kappa shape index (κ2) is 5.35. The van der Waals surface area contributed by atoms with Crippen LogP contribution < -0.4 is 0 Å². The Morgan fingerprint density at radius 1 is 1.67 bits per heavy atom. The molecule has 0 radical (unpaired) electrons. The number of hydrogen-bond donors (Lipinski definition) is 0. The first-order valence-corrected chi connectivity index (χ1v) is 6.38. The van der Waals surface area contributed by atoms with Crippen molar-refractivity contribution in [2.24, 2.45) is 5.92 Å². The first-order chi connectivity index (χ1) is 5.52. The Bertz CT molecular complexity index is 210. The molecule has 0 aliphatic heterocycles. The lowest BCUT2D eigenvalue weighted by Gasteiger charge is -2.12. The largest absolute Gasteiger partial charge is 0.329 e. The van der Waals surface area contributed by atoms with Gasteiger partial charge in [-0.15, -0.1) is 0 Å². The summed E-state index contributed by atoms with van der Waals surface area (Å²) in [5.74, 6) is -0.0290. The molecule has 0 aromatic rings. The Balaban J connectivity index is 3.77. The molecular formula is C8H16NO2P. The van der Waals surface area contributed by atoms with Gasteiger partial charge in [0.05, 0.1) is 12.7 Å². The molecule has 0 rings (SSSR count). The standard InChI is InChI=1S/C8H16NO2P/c1-4-11-12(3,10)6-5-8(2)7-9/h8H,4-6H2,1-3H3. The summed E-state index contributed by atoms with van der Waals surface area (Å²) in [7, 11) is -2.41. The van der Waals surface area contributed by atoms with Gasteiger partial charge in [0.15, 0.2) is 7.37 Å². The molecule has 3 nitrogen and oxygen atoms in total. The van der Waals surface area contributed by atoms with E-state index in [0.29, 0.717) is 19.2 Å². The van der Waals surface area contributed by atoms with Crippen LogP contribution in [-0.4, -0.2) is 19.4 Å². The van der Waals surface area contributed by atoms with Crippen LogP contribution in [0.2, 0.25) is 0 Å². The third-order valence-corrected chi connectivity index (χ3v) is 3.47. The van der Waals surface area contributed by atoms with Gasteiger partial charge in [-0.2, -0.15) is 5.26 Å². The maximum Gasteiger partial charge on any atom is 0.200 e. The molecule has 0 bridgehead atoms. The Labute approximate surface area is 74.2 Å². The van der Waals surface area contributed by atoms with E-state index < -0.39 is 7.37 Å². The van der Waals surface area contributed by atoms with Crippen LogP contribution in [0.3, 0.4) is 0 Å². The van der Waals surface area contributed by atoms with Gasteiger partial charge in [-0.25, -0.2) is 0 Å². The molecule has 0 N–H and O–H groups in total. The van der Waals surface area contributed by atoms with E-state index >= 15 is 0 Å². The first kappa shape index (κ1) is 11.7. The molecule has 0 aliphatic carbocycles. The van der Waals surface area contributed by atoms with Crippen LogP contribution in [0.25, 0.3) is 0 Å². The monoisotopic (exact) mass is 189 g/mol. The molecular weight excluding hydrogens is 173 g/mol. The molecule has 0 aliphatic rings. The van der Waals surface area contributed by atoms with Crippen molar-refractivity contribution >= 4 is 7.37 Å². The molecule has 0 amide bonds. The second-order valence-electron chi connectivity index (χ2n) is 2.97. The molecule has 4 heteroatoms. The Hall–Kier alpha value is -0.320. The molecule has 70 valence electrons. The van der Waals surface area contributed by atoms with Crippen LogP contribution >= 0.6 is 7.37 Å². The SMILES string of the molecule is CCOP(C)(=O)CCC(C)C#N. The molecule has 2 atom stereocenters. The molecule has 0 spiro atoms. The summed E-state index contributed by atoms with van der Waals surface area (Å²) in [5.41, 5.74) is 0. The average molecular weight is 189 g/mol. The van der Waals surface area contributed by atoms with Crippen molar-refractivity contribution in [1.82, 2.24) is 0 Å². The van der Waals surface area contributed by atoms with Gasteiger partial charge in [0.2, 0.25) is 0 Å². The zero-order chi connectivity index (χ0) is 9.61. The topological polar surface area (TPSA) is 50.1 Å². The molecule has 0 saturated heterocycles. The molecule has 2 unspecified atom stereocenters. The molecule has 12 heavy (non-hydrogen) atoms. The summed E-state index contributed by atoms with van der Waals surface area (Å²) in [6.07, 6.45) is 1.17. The fourth-order valence-corrected chi connectivity index (χ4v) is 2.36. The number of rotatable bonds is 5. The fraction of sp³-hybridized carbons (Fsp3) is 0.875. The molecule has 0 saturated carbocycles. The lowest BCUT2D eigenvalue weighted by Crippen LogP contribution is -1.98. The molecule has 0 aromatic carbocycles. The van der Waals surface area contributed by atoms with E-state index in [-0.39, 0.29) is 5.92 Å². The van der Waals surface area contributed by atoms with Gasteiger partial charge < -0.3 is 4.52 Å². The third kappa shape index (κ3) is 5.35. The summed E-state index contributed by atoms with van der Waals surface area (Å²) < 4.78 is 16.6. The second-order valence-corrected chi connectivity index (χ2v) is 5.71. The molecule has 0 aromatic heterocycles. The van der Waals surface area contributed by atoms with E-state index in [1.54, 1.807) is 6.66 Å². The van der Waals surface area contributed by atoms with Gasteiger partial charge in [0, 0.05) is 18.7 Å². The highest BCUT2D eigenvalue weighted by atomic mass is 31.2. The summed E-state index contributed by atoms with van der Waals surface area (Å²) >= 11 is 0. The van der Waals surface area contributed by atoms with Crippen molar-refractivity contribution in [3.8, 4) is 6.07 Å². The Morgan fingerprint density at radius 3 is 2.67 bits per heavy atom. The third-order valence-electron chi connectivity index (χ3n) is 1.59. The highest BCUT2D eigenvalue weighted by Crippen LogP contribution is 2.43. The maximum absolute atomic E-state index is 11.5. The van der Waals surface area contributed by atoms with E-state index in [2.05, 4.69) is 6.07 Å². The predicted octanol–water partition coefficient (Wildman–Crippen LogP) is 2.48. The van der Waals surface area contributed by atoms with Gasteiger partial charge in [-0.1, -0.05) is 0 Å². The smallest absolute Gasteiger partial charge is 0.200 e. The Kier molecular flexibility index (Phi) is 5.20. The summed E-state index contributed by atoms with van der Waals surface area (Å²) in [4.78, 5) is 0. The van der Waals surface area contributed by atoms with Crippen molar-refractivity contribution in [1.29, 1.82) is 5.26 Å². The van der Waals surface area contributed by atoms with E-state index in [4.69, 9.17) is 9.79 Å². The van der Waals surface area contributed by atoms with E-state index in [1.807, 2.05) is 13.8 Å². The highest BCUT2D eigenvalue weighted by Gasteiger charge is 2.15. The van der Waals surface area contributed by atoms with Crippen LogP contribution in [0.4, 0.5) is 0 Å². The van der Waals surface area contributed by atoms with Gasteiger partial charge in [0.25, 0.3) is 0 Å². The van der Waals surface area contributed by atoms with Crippen molar-refractivity contribution in [2.45, 2.75) is 20.3 Å². The molecule has 0 heterocycles. The number of nitriles is 1. The van der Waals surface area contributed by atoms with Gasteiger partial charge in [0.1, 0.15) is 0 Å².